The molecule has 0 aliphatic rings. The van der Waals surface area contributed by atoms with Crippen molar-refractivity contribution in [2.45, 2.75) is 13.2 Å². The van der Waals surface area contributed by atoms with Gasteiger partial charge in [-0.1, -0.05) is 60.7 Å². The van der Waals surface area contributed by atoms with Crippen LogP contribution in [0.25, 0.3) is 10.8 Å². The molecule has 0 atom stereocenters. The predicted octanol–water partition coefficient (Wildman–Crippen LogP) is 6.85. The van der Waals surface area contributed by atoms with Gasteiger partial charge in [0.25, 0.3) is 0 Å². The maximum absolute atomic E-state index is 11.3. The van der Waals surface area contributed by atoms with Gasteiger partial charge in [-0.15, -0.1) is 0 Å². The van der Waals surface area contributed by atoms with Crippen molar-refractivity contribution in [3.63, 3.8) is 0 Å². The minimum Gasteiger partial charge on any atom is -0.488 e. The number of carboxylic acid groups (broad SMARTS) is 1. The smallest absolute Gasteiger partial charge is 0.409 e. The van der Waals surface area contributed by atoms with Crippen molar-refractivity contribution in [1.29, 1.82) is 0 Å². The molecule has 6 heteroatoms. The summed E-state index contributed by atoms with van der Waals surface area (Å²) in [4.78, 5) is 11.3. The van der Waals surface area contributed by atoms with E-state index in [1.165, 1.54) is 0 Å². The first-order valence-corrected chi connectivity index (χ1v) is 10.5. The van der Waals surface area contributed by atoms with Crippen LogP contribution in [0.15, 0.2) is 89.4 Å². The van der Waals surface area contributed by atoms with Crippen molar-refractivity contribution in [2.24, 2.45) is 0 Å². The highest BCUT2D eigenvalue weighted by Crippen LogP contribution is 2.37. The van der Waals surface area contributed by atoms with Crippen LogP contribution in [0.4, 0.5) is 10.5 Å². The highest BCUT2D eigenvalue weighted by molar-refractivity contribution is 9.10. The number of halogens is 1. The lowest BCUT2D eigenvalue weighted by atomic mass is 10.1. The number of ether oxygens (including phenoxy) is 2. The monoisotopic (exact) mass is 477 g/mol. The summed E-state index contributed by atoms with van der Waals surface area (Å²) >= 11 is 3.55. The Balaban J connectivity index is 1.64. The molecule has 4 aromatic rings. The molecule has 0 radical (unpaired) electrons. The summed E-state index contributed by atoms with van der Waals surface area (Å²) in [5.74, 6) is 1.15. The average molecular weight is 478 g/mol. The van der Waals surface area contributed by atoms with E-state index in [0.29, 0.717) is 30.4 Å². The van der Waals surface area contributed by atoms with Crippen molar-refractivity contribution < 1.29 is 19.4 Å². The standard InChI is InChI=1S/C25H20BrNO4/c26-21-11-19-12-22(27-25(28)29)24(31-16-18-9-5-2-6-10-18)14-20(19)13-23(21)30-15-17-7-3-1-4-8-17/h1-14,27H,15-16H2,(H,28,29). The maximum atomic E-state index is 11.3. The molecule has 0 fully saturated rings. The van der Waals surface area contributed by atoms with Gasteiger partial charge in [0.15, 0.2) is 0 Å². The van der Waals surface area contributed by atoms with Gasteiger partial charge in [0.05, 0.1) is 10.2 Å². The number of nitrogens with one attached hydrogen (secondary N) is 1. The van der Waals surface area contributed by atoms with E-state index in [2.05, 4.69) is 21.2 Å². The fourth-order valence-electron chi connectivity index (χ4n) is 3.19. The van der Waals surface area contributed by atoms with Crippen molar-refractivity contribution in [1.82, 2.24) is 0 Å². The van der Waals surface area contributed by atoms with Gasteiger partial charge in [-0.3, -0.25) is 5.32 Å². The van der Waals surface area contributed by atoms with E-state index in [9.17, 15) is 9.90 Å². The Labute approximate surface area is 188 Å². The summed E-state index contributed by atoms with van der Waals surface area (Å²) in [5.41, 5.74) is 2.45. The lowest BCUT2D eigenvalue weighted by Gasteiger charge is -2.15. The minimum atomic E-state index is -1.15. The molecule has 0 spiro atoms. The van der Waals surface area contributed by atoms with Crippen molar-refractivity contribution in [3.8, 4) is 11.5 Å². The van der Waals surface area contributed by atoms with E-state index in [1.807, 2.05) is 78.9 Å². The summed E-state index contributed by atoms with van der Waals surface area (Å²) in [6.45, 7) is 0.773. The molecule has 0 heterocycles. The topological polar surface area (TPSA) is 67.8 Å². The van der Waals surface area contributed by atoms with Crippen LogP contribution in [0.1, 0.15) is 11.1 Å². The minimum absolute atomic E-state index is 0.328. The first-order valence-electron chi connectivity index (χ1n) is 9.69. The molecule has 1 amide bonds. The zero-order chi connectivity index (χ0) is 21.6. The summed E-state index contributed by atoms with van der Waals surface area (Å²) < 4.78 is 12.7. The van der Waals surface area contributed by atoms with Crippen LogP contribution in [-0.4, -0.2) is 11.2 Å². The number of carbonyl (C=O) groups is 1. The first kappa shape index (κ1) is 20.8. The van der Waals surface area contributed by atoms with Crippen LogP contribution < -0.4 is 14.8 Å². The molecule has 0 saturated carbocycles. The second kappa shape index (κ2) is 9.53. The Bertz CT molecular complexity index is 1200. The number of amides is 1. The maximum Gasteiger partial charge on any atom is 0.409 e. The van der Waals surface area contributed by atoms with Crippen LogP contribution >= 0.6 is 15.9 Å². The molecule has 0 aliphatic carbocycles. The molecule has 4 rings (SSSR count). The molecule has 0 unspecified atom stereocenters. The fraction of sp³-hybridized carbons (Fsp3) is 0.0800. The molecule has 2 N–H and O–H groups in total. The van der Waals surface area contributed by atoms with E-state index >= 15 is 0 Å². The SMILES string of the molecule is O=C(O)Nc1cc2cc(Br)c(OCc3ccccc3)cc2cc1OCc1ccccc1. The van der Waals surface area contributed by atoms with Crippen molar-refractivity contribution in [2.75, 3.05) is 5.32 Å². The number of rotatable bonds is 7. The second-order valence-corrected chi connectivity index (χ2v) is 7.81. The molecular weight excluding hydrogens is 458 g/mol. The Morgan fingerprint density at radius 1 is 0.774 bits per heavy atom. The van der Waals surface area contributed by atoms with Gasteiger partial charge in [-0.2, -0.15) is 0 Å². The lowest BCUT2D eigenvalue weighted by molar-refractivity contribution is 0.209. The molecule has 0 bridgehead atoms. The molecule has 31 heavy (non-hydrogen) atoms. The van der Waals surface area contributed by atoms with Crippen molar-refractivity contribution >= 4 is 38.5 Å². The molecule has 0 aromatic heterocycles. The second-order valence-electron chi connectivity index (χ2n) is 6.96. The quantitative estimate of drug-likeness (QED) is 0.305. The highest BCUT2D eigenvalue weighted by atomic mass is 79.9. The predicted molar refractivity (Wildman–Crippen MR) is 125 cm³/mol. The summed E-state index contributed by atoms with van der Waals surface area (Å²) in [7, 11) is 0. The van der Waals surface area contributed by atoms with Crippen LogP contribution in [0.5, 0.6) is 11.5 Å². The Morgan fingerprint density at radius 3 is 1.87 bits per heavy atom. The van der Waals surface area contributed by atoms with Gasteiger partial charge in [0, 0.05) is 0 Å². The number of fused-ring (bicyclic) bond motifs is 1. The summed E-state index contributed by atoms with van der Waals surface area (Å²) in [6, 6.07) is 27.1. The molecule has 0 aliphatic heterocycles. The van der Waals surface area contributed by atoms with E-state index in [1.54, 1.807) is 6.07 Å². The van der Waals surface area contributed by atoms with E-state index in [-0.39, 0.29) is 0 Å². The highest BCUT2D eigenvalue weighted by Gasteiger charge is 2.12. The Hall–Kier alpha value is -3.51. The van der Waals surface area contributed by atoms with Crippen molar-refractivity contribution in [3.05, 3.63) is 101 Å². The molecule has 0 saturated heterocycles. The summed E-state index contributed by atoms with van der Waals surface area (Å²) in [6.07, 6.45) is -1.15. The van der Waals surface area contributed by atoms with Gasteiger partial charge in [-0.05, 0) is 62.1 Å². The molecule has 5 nitrogen and oxygen atoms in total. The van der Waals surface area contributed by atoms with Gasteiger partial charge >= 0.3 is 6.09 Å². The molecule has 156 valence electrons. The Morgan fingerprint density at radius 2 is 1.29 bits per heavy atom. The van der Waals surface area contributed by atoms with Gasteiger partial charge in [0.2, 0.25) is 0 Å². The largest absolute Gasteiger partial charge is 0.488 e. The van der Waals surface area contributed by atoms with E-state index in [4.69, 9.17) is 9.47 Å². The first-order chi connectivity index (χ1) is 15.1. The summed E-state index contributed by atoms with van der Waals surface area (Å²) in [5, 5.41) is 13.4. The van der Waals surface area contributed by atoms with E-state index in [0.717, 1.165) is 26.4 Å². The van der Waals surface area contributed by atoms with Crippen LogP contribution in [0.2, 0.25) is 0 Å². The zero-order valence-corrected chi connectivity index (χ0v) is 18.1. The third-order valence-corrected chi connectivity index (χ3v) is 5.33. The van der Waals surface area contributed by atoms with Gasteiger partial charge in [0.1, 0.15) is 24.7 Å². The van der Waals surface area contributed by atoms with Crippen LogP contribution in [-0.2, 0) is 13.2 Å². The number of hydrogen-bond acceptors (Lipinski definition) is 3. The molecule has 4 aromatic carbocycles. The van der Waals surface area contributed by atoms with E-state index < -0.39 is 6.09 Å². The Kier molecular flexibility index (Phi) is 6.38. The third kappa shape index (κ3) is 5.35. The number of hydrogen-bond donors (Lipinski definition) is 2. The average Bonchev–Trinajstić information content (AvgIpc) is 2.77. The third-order valence-electron chi connectivity index (χ3n) is 4.71. The zero-order valence-electron chi connectivity index (χ0n) is 16.5. The number of benzene rings is 4. The van der Waals surface area contributed by atoms with Crippen LogP contribution in [0, 0.1) is 0 Å². The van der Waals surface area contributed by atoms with Crippen LogP contribution in [0.3, 0.4) is 0 Å². The lowest BCUT2D eigenvalue weighted by Crippen LogP contribution is -2.09. The number of anilines is 1. The van der Waals surface area contributed by atoms with Gasteiger partial charge in [-0.25, -0.2) is 4.79 Å². The van der Waals surface area contributed by atoms with Gasteiger partial charge < -0.3 is 14.6 Å². The normalized spacial score (nSPS) is 10.6. The fourth-order valence-corrected chi connectivity index (χ4v) is 3.67. The molecular formula is C25H20BrNO4.